The van der Waals surface area contributed by atoms with Crippen molar-refractivity contribution in [3.05, 3.63) is 27.9 Å². The van der Waals surface area contributed by atoms with Crippen LogP contribution in [0, 0.1) is 13.8 Å². The Morgan fingerprint density at radius 2 is 2.23 bits per heavy atom. The molecule has 0 aliphatic rings. The number of halogens is 3. The number of carbonyl (C=O) groups is 1. The van der Waals surface area contributed by atoms with E-state index in [2.05, 4.69) is 10.1 Å². The van der Waals surface area contributed by atoms with Gasteiger partial charge in [0.25, 0.3) is 11.8 Å². The standard InChI is InChI=1S/C12H12F3N3O3S/c1-6-5-22-11(16-6)10(12(13,14)15)17-8(19)4-20-9-3-7(2)21-18-9/h3,5,10H,4H2,1-2H3,(H,17,19)/t10-/m1/s1. The predicted octanol–water partition coefficient (Wildman–Crippen LogP) is 2.55. The predicted molar refractivity (Wildman–Crippen MR) is 70.5 cm³/mol. The minimum Gasteiger partial charge on any atom is -0.465 e. The third-order valence-corrected chi connectivity index (χ3v) is 3.50. The van der Waals surface area contributed by atoms with Gasteiger partial charge in [-0.1, -0.05) is 0 Å². The van der Waals surface area contributed by atoms with E-state index >= 15 is 0 Å². The number of alkyl halides is 3. The summed E-state index contributed by atoms with van der Waals surface area (Å²) in [5.74, 6) is -0.445. The van der Waals surface area contributed by atoms with E-state index in [0.29, 0.717) is 11.5 Å². The fourth-order valence-electron chi connectivity index (χ4n) is 1.54. The van der Waals surface area contributed by atoms with Gasteiger partial charge in [0.1, 0.15) is 10.8 Å². The number of amides is 1. The van der Waals surface area contributed by atoms with Gasteiger partial charge in [-0.3, -0.25) is 4.79 Å². The van der Waals surface area contributed by atoms with Crippen molar-refractivity contribution in [1.29, 1.82) is 0 Å². The highest BCUT2D eigenvalue weighted by atomic mass is 32.1. The van der Waals surface area contributed by atoms with Crippen LogP contribution >= 0.6 is 11.3 Å². The molecule has 0 aliphatic heterocycles. The van der Waals surface area contributed by atoms with Crippen molar-refractivity contribution >= 4 is 17.2 Å². The van der Waals surface area contributed by atoms with Gasteiger partial charge in [-0.05, 0) is 19.0 Å². The van der Waals surface area contributed by atoms with E-state index in [-0.39, 0.29) is 10.9 Å². The van der Waals surface area contributed by atoms with Gasteiger partial charge in [-0.2, -0.15) is 13.2 Å². The maximum Gasteiger partial charge on any atom is 0.415 e. The second-order valence-corrected chi connectivity index (χ2v) is 5.32. The van der Waals surface area contributed by atoms with Crippen molar-refractivity contribution in [2.24, 2.45) is 0 Å². The summed E-state index contributed by atoms with van der Waals surface area (Å²) in [5.41, 5.74) is 0.456. The van der Waals surface area contributed by atoms with Crippen LogP contribution in [0.25, 0.3) is 0 Å². The summed E-state index contributed by atoms with van der Waals surface area (Å²) < 4.78 is 48.7. The van der Waals surface area contributed by atoms with E-state index in [0.717, 1.165) is 11.3 Å². The molecule has 0 saturated heterocycles. The minimum absolute atomic E-state index is 0.0290. The molecule has 2 aromatic heterocycles. The molecule has 1 atom stereocenters. The lowest BCUT2D eigenvalue weighted by Gasteiger charge is -2.19. The van der Waals surface area contributed by atoms with Crippen molar-refractivity contribution in [2.45, 2.75) is 26.1 Å². The summed E-state index contributed by atoms with van der Waals surface area (Å²) in [7, 11) is 0. The Balaban J connectivity index is 1.99. The van der Waals surface area contributed by atoms with E-state index in [1.807, 2.05) is 5.32 Å². The number of hydrogen-bond donors (Lipinski definition) is 1. The number of nitrogens with zero attached hydrogens (tertiary/aromatic N) is 2. The van der Waals surface area contributed by atoms with Crippen LogP contribution in [0.3, 0.4) is 0 Å². The van der Waals surface area contributed by atoms with Crippen molar-refractivity contribution in [1.82, 2.24) is 15.5 Å². The van der Waals surface area contributed by atoms with Gasteiger partial charge in [-0.15, -0.1) is 11.3 Å². The summed E-state index contributed by atoms with van der Waals surface area (Å²) in [6, 6.07) is -0.750. The summed E-state index contributed by atoms with van der Waals surface area (Å²) in [5, 5.41) is 6.59. The molecule has 0 bridgehead atoms. The largest absolute Gasteiger partial charge is 0.465 e. The number of nitrogens with one attached hydrogen (secondary N) is 1. The molecule has 0 spiro atoms. The molecule has 0 fully saturated rings. The van der Waals surface area contributed by atoms with E-state index in [4.69, 9.17) is 9.26 Å². The van der Waals surface area contributed by atoms with Gasteiger partial charge in [0.05, 0.1) is 0 Å². The molecule has 0 radical (unpaired) electrons. The van der Waals surface area contributed by atoms with Crippen molar-refractivity contribution in [3.63, 3.8) is 0 Å². The van der Waals surface area contributed by atoms with Gasteiger partial charge in [0.2, 0.25) is 0 Å². The Kier molecular flexibility index (Phi) is 4.69. The maximum absolute atomic E-state index is 13.0. The molecule has 2 aromatic rings. The highest BCUT2D eigenvalue weighted by Gasteiger charge is 2.43. The van der Waals surface area contributed by atoms with Gasteiger partial charge >= 0.3 is 6.18 Å². The van der Waals surface area contributed by atoms with Crippen molar-refractivity contribution < 1.29 is 27.2 Å². The Hall–Kier alpha value is -2.10. The van der Waals surface area contributed by atoms with E-state index in [1.165, 1.54) is 11.4 Å². The topological polar surface area (TPSA) is 77.2 Å². The van der Waals surface area contributed by atoms with Crippen LogP contribution in [-0.4, -0.2) is 28.8 Å². The molecule has 0 aromatic carbocycles. The van der Waals surface area contributed by atoms with Gasteiger partial charge in [0, 0.05) is 17.1 Å². The van der Waals surface area contributed by atoms with Gasteiger partial charge in [-0.25, -0.2) is 4.98 Å². The zero-order chi connectivity index (χ0) is 16.3. The molecule has 2 rings (SSSR count). The minimum atomic E-state index is -4.65. The second-order valence-electron chi connectivity index (χ2n) is 4.43. The first-order valence-corrected chi connectivity index (χ1v) is 6.98. The van der Waals surface area contributed by atoms with Crippen molar-refractivity contribution in [2.75, 3.05) is 6.61 Å². The highest BCUT2D eigenvalue weighted by molar-refractivity contribution is 7.09. The number of rotatable bonds is 5. The van der Waals surface area contributed by atoms with Crippen LogP contribution in [0.2, 0.25) is 0 Å². The smallest absolute Gasteiger partial charge is 0.415 e. The number of carbonyl (C=O) groups excluding carboxylic acids is 1. The Labute approximate surface area is 127 Å². The first-order valence-electron chi connectivity index (χ1n) is 6.10. The third kappa shape index (κ3) is 4.20. The quantitative estimate of drug-likeness (QED) is 0.909. The summed E-state index contributed by atoms with van der Waals surface area (Å²) in [4.78, 5) is 15.4. The zero-order valence-corrected chi connectivity index (χ0v) is 12.4. The fraction of sp³-hybridized carbons (Fsp3) is 0.417. The molecular formula is C12H12F3N3O3S. The number of ether oxygens (including phenoxy) is 1. The van der Waals surface area contributed by atoms with Crippen molar-refractivity contribution in [3.8, 4) is 5.88 Å². The van der Waals surface area contributed by atoms with Crippen LogP contribution < -0.4 is 10.1 Å². The number of hydrogen-bond acceptors (Lipinski definition) is 6. The molecule has 1 N–H and O–H groups in total. The average Bonchev–Trinajstić information content (AvgIpc) is 3.01. The van der Waals surface area contributed by atoms with Gasteiger partial charge in [0.15, 0.2) is 12.6 Å². The first-order chi connectivity index (χ1) is 10.3. The van der Waals surface area contributed by atoms with Gasteiger partial charge < -0.3 is 14.6 Å². The molecular weight excluding hydrogens is 323 g/mol. The lowest BCUT2D eigenvalue weighted by atomic mass is 10.3. The zero-order valence-electron chi connectivity index (χ0n) is 11.6. The molecule has 22 heavy (non-hydrogen) atoms. The fourth-order valence-corrected chi connectivity index (χ4v) is 2.41. The Morgan fingerprint density at radius 1 is 1.50 bits per heavy atom. The molecule has 6 nitrogen and oxygen atoms in total. The maximum atomic E-state index is 13.0. The Bertz CT molecular complexity index is 653. The van der Waals surface area contributed by atoms with E-state index in [1.54, 1.807) is 13.8 Å². The normalized spacial score (nSPS) is 13.0. The highest BCUT2D eigenvalue weighted by Crippen LogP contribution is 2.34. The number of aryl methyl sites for hydroxylation is 2. The molecule has 0 aliphatic carbocycles. The Morgan fingerprint density at radius 3 is 2.73 bits per heavy atom. The third-order valence-electron chi connectivity index (χ3n) is 2.47. The molecule has 10 heteroatoms. The molecule has 120 valence electrons. The van der Waals surface area contributed by atoms with E-state index in [9.17, 15) is 18.0 Å². The van der Waals surface area contributed by atoms with Crippen LogP contribution in [0.5, 0.6) is 5.88 Å². The lowest BCUT2D eigenvalue weighted by molar-refractivity contribution is -0.164. The number of aromatic nitrogens is 2. The monoisotopic (exact) mass is 335 g/mol. The summed E-state index contributed by atoms with van der Waals surface area (Å²) in [6.45, 7) is 2.58. The van der Waals surface area contributed by atoms with Crippen LogP contribution in [0.4, 0.5) is 13.2 Å². The first kappa shape index (κ1) is 16.3. The molecule has 1 amide bonds. The summed E-state index contributed by atoms with van der Waals surface area (Å²) in [6.07, 6.45) is -4.65. The second kappa shape index (κ2) is 6.34. The van der Waals surface area contributed by atoms with Crippen LogP contribution in [0.15, 0.2) is 16.0 Å². The SMILES string of the molecule is Cc1csc([C@@H](NC(=O)COc2cc(C)on2)C(F)(F)F)n1. The number of thiazole rings is 1. The average molecular weight is 335 g/mol. The van der Waals surface area contributed by atoms with Crippen LogP contribution in [0.1, 0.15) is 22.5 Å². The molecule has 0 unspecified atom stereocenters. The van der Waals surface area contributed by atoms with E-state index < -0.39 is 24.7 Å². The lowest BCUT2D eigenvalue weighted by Crippen LogP contribution is -2.40. The molecule has 2 heterocycles. The van der Waals surface area contributed by atoms with Crippen LogP contribution in [-0.2, 0) is 4.79 Å². The molecule has 0 saturated carbocycles. The summed E-state index contributed by atoms with van der Waals surface area (Å²) >= 11 is 0.830.